The van der Waals surface area contributed by atoms with Gasteiger partial charge in [-0.1, -0.05) is 65.8 Å². The van der Waals surface area contributed by atoms with Gasteiger partial charge in [-0.15, -0.1) is 0 Å². The number of fused-ring (bicyclic) bond motifs is 6. The molecule has 7 rings (SSSR count). The first-order chi connectivity index (χ1) is 13.9. The fourth-order valence-corrected chi connectivity index (χ4v) is 18.6. The first-order valence-corrected chi connectivity index (χ1v) is 15.5. The summed E-state index contributed by atoms with van der Waals surface area (Å²) in [5.41, 5.74) is 4.45. The lowest BCUT2D eigenvalue weighted by Crippen LogP contribution is -2.30. The van der Waals surface area contributed by atoms with Crippen LogP contribution in [0.2, 0.25) is 0 Å². The van der Waals surface area contributed by atoms with Crippen LogP contribution in [0.4, 0.5) is 0 Å². The smallest absolute Gasteiger partial charge is 0.0135 e. The van der Waals surface area contributed by atoms with Crippen molar-refractivity contribution < 1.29 is 0 Å². The van der Waals surface area contributed by atoms with Crippen molar-refractivity contribution in [2.24, 2.45) is 23.7 Å². The van der Waals surface area contributed by atoms with E-state index in [1.54, 1.807) is 77.0 Å². The van der Waals surface area contributed by atoms with Gasteiger partial charge in [0.05, 0.1) is 0 Å². The molecule has 4 saturated carbocycles. The Morgan fingerprint density at radius 1 is 0.464 bits per heavy atom. The van der Waals surface area contributed by atoms with Gasteiger partial charge in [-0.05, 0) is 108 Å². The molecular formula is C26H36P2. The lowest BCUT2D eigenvalue weighted by atomic mass is 9.90. The van der Waals surface area contributed by atoms with E-state index in [1.165, 1.54) is 0 Å². The van der Waals surface area contributed by atoms with Crippen molar-refractivity contribution in [2.45, 2.75) is 99.7 Å². The highest BCUT2D eigenvalue weighted by Crippen LogP contribution is 2.72. The molecule has 1 aromatic rings. The van der Waals surface area contributed by atoms with Gasteiger partial charge in [0.1, 0.15) is 0 Å². The van der Waals surface area contributed by atoms with Crippen LogP contribution in [0.15, 0.2) is 24.3 Å². The van der Waals surface area contributed by atoms with E-state index in [4.69, 9.17) is 0 Å². The number of hydrogen-bond donors (Lipinski definition) is 0. The maximum absolute atomic E-state index is 2.67. The number of rotatable bonds is 2. The summed E-state index contributed by atoms with van der Waals surface area (Å²) in [6, 6.07) is 10.2. The summed E-state index contributed by atoms with van der Waals surface area (Å²) in [6.07, 6.45) is 18.8. The van der Waals surface area contributed by atoms with E-state index in [2.05, 4.69) is 24.3 Å². The fraction of sp³-hybridized carbons (Fsp3) is 0.769. The van der Waals surface area contributed by atoms with Crippen LogP contribution in [-0.2, 0) is 0 Å². The van der Waals surface area contributed by atoms with E-state index >= 15 is 0 Å². The van der Waals surface area contributed by atoms with Crippen molar-refractivity contribution in [2.75, 3.05) is 0 Å². The minimum atomic E-state index is 0.122. The van der Waals surface area contributed by atoms with Crippen molar-refractivity contribution in [1.29, 1.82) is 0 Å². The molecule has 6 aliphatic rings. The summed E-state index contributed by atoms with van der Waals surface area (Å²) >= 11 is 0. The Morgan fingerprint density at radius 3 is 1.11 bits per heavy atom. The van der Waals surface area contributed by atoms with Crippen LogP contribution in [0.3, 0.4) is 0 Å². The molecule has 2 saturated heterocycles. The van der Waals surface area contributed by atoms with Gasteiger partial charge in [0.2, 0.25) is 0 Å². The summed E-state index contributed by atoms with van der Waals surface area (Å²) < 4.78 is 0. The highest BCUT2D eigenvalue weighted by atomic mass is 31.1. The number of benzene rings is 1. The molecule has 0 nitrogen and oxygen atoms in total. The van der Waals surface area contributed by atoms with Crippen LogP contribution in [0.1, 0.15) is 77.0 Å². The molecule has 150 valence electrons. The minimum absolute atomic E-state index is 0.122. The van der Waals surface area contributed by atoms with Gasteiger partial charge in [-0.2, -0.15) is 0 Å². The van der Waals surface area contributed by atoms with E-state index < -0.39 is 0 Å². The van der Waals surface area contributed by atoms with E-state index in [-0.39, 0.29) is 15.8 Å². The Labute approximate surface area is 174 Å². The van der Waals surface area contributed by atoms with E-state index in [0.29, 0.717) is 0 Å². The summed E-state index contributed by atoms with van der Waals surface area (Å²) in [5, 5.41) is 3.93. The van der Waals surface area contributed by atoms with Gasteiger partial charge in [0.15, 0.2) is 0 Å². The zero-order valence-corrected chi connectivity index (χ0v) is 19.1. The van der Waals surface area contributed by atoms with Crippen LogP contribution in [-0.4, -0.2) is 22.6 Å². The average Bonchev–Trinajstić information content (AvgIpc) is 3.48. The fourth-order valence-electron chi connectivity index (χ4n) is 9.36. The molecule has 2 heteroatoms. The van der Waals surface area contributed by atoms with Crippen LogP contribution in [0, 0.1) is 23.7 Å². The van der Waals surface area contributed by atoms with Gasteiger partial charge in [-0.25, -0.2) is 0 Å². The summed E-state index contributed by atoms with van der Waals surface area (Å²) in [4.78, 5) is 0. The monoisotopic (exact) mass is 410 g/mol. The Hall–Kier alpha value is 0.0800. The topological polar surface area (TPSA) is 0 Å². The van der Waals surface area contributed by atoms with Gasteiger partial charge < -0.3 is 0 Å². The first kappa shape index (κ1) is 17.7. The molecule has 4 aliphatic carbocycles. The molecule has 1 aromatic carbocycles. The molecule has 0 aromatic heterocycles. The maximum Gasteiger partial charge on any atom is -0.0135 e. The zero-order valence-electron chi connectivity index (χ0n) is 17.3. The van der Waals surface area contributed by atoms with Gasteiger partial charge in [-0.3, -0.25) is 0 Å². The normalized spacial score (nSPS) is 51.3. The van der Waals surface area contributed by atoms with E-state index in [9.17, 15) is 0 Å². The SMILES string of the molecule is c1ccc(P2[C@@H]3CCC[C@@H]3[C@H]3CCC[C@H]32)c(P2[C@@H]3CCC[C@@H]3[C@H]3CCC[C@H]32)c1. The molecule has 0 spiro atoms. The van der Waals surface area contributed by atoms with Crippen LogP contribution < -0.4 is 10.6 Å². The second kappa shape index (κ2) is 6.79. The van der Waals surface area contributed by atoms with Crippen molar-refractivity contribution in [3.63, 3.8) is 0 Å². The Bertz CT molecular complexity index is 656. The van der Waals surface area contributed by atoms with Crippen LogP contribution in [0.25, 0.3) is 0 Å². The van der Waals surface area contributed by atoms with Gasteiger partial charge in [0, 0.05) is 0 Å². The molecule has 6 fully saturated rings. The van der Waals surface area contributed by atoms with E-state index in [0.717, 1.165) is 46.3 Å². The molecule has 0 amide bonds. The zero-order chi connectivity index (χ0) is 18.2. The third-order valence-corrected chi connectivity index (χ3v) is 17.6. The van der Waals surface area contributed by atoms with Gasteiger partial charge in [0.25, 0.3) is 0 Å². The van der Waals surface area contributed by atoms with Crippen molar-refractivity contribution >= 4 is 26.5 Å². The third kappa shape index (κ3) is 2.38. The predicted octanol–water partition coefficient (Wildman–Crippen LogP) is 6.60. The summed E-state index contributed by atoms with van der Waals surface area (Å²) in [6.45, 7) is 0. The Kier molecular flexibility index (Phi) is 4.30. The third-order valence-electron chi connectivity index (χ3n) is 10.1. The molecule has 0 radical (unpaired) electrons. The Balaban J connectivity index is 1.32. The van der Waals surface area contributed by atoms with Crippen LogP contribution in [0.5, 0.6) is 0 Å². The summed E-state index contributed by atoms with van der Waals surface area (Å²) in [5.74, 6) is 4.51. The predicted molar refractivity (Wildman–Crippen MR) is 124 cm³/mol. The lowest BCUT2D eigenvalue weighted by Gasteiger charge is -2.32. The molecule has 0 N–H and O–H groups in total. The molecule has 28 heavy (non-hydrogen) atoms. The van der Waals surface area contributed by atoms with Crippen molar-refractivity contribution in [3.05, 3.63) is 24.3 Å². The van der Waals surface area contributed by atoms with Gasteiger partial charge >= 0.3 is 0 Å². The Morgan fingerprint density at radius 2 is 0.786 bits per heavy atom. The van der Waals surface area contributed by atoms with Crippen molar-refractivity contribution in [3.8, 4) is 0 Å². The lowest BCUT2D eigenvalue weighted by molar-refractivity contribution is 0.384. The number of hydrogen-bond acceptors (Lipinski definition) is 0. The molecule has 2 aliphatic heterocycles. The highest BCUT2D eigenvalue weighted by molar-refractivity contribution is 7.73. The van der Waals surface area contributed by atoms with Crippen molar-refractivity contribution in [1.82, 2.24) is 0 Å². The molecular weight excluding hydrogens is 374 g/mol. The average molecular weight is 411 g/mol. The first-order valence-electron chi connectivity index (χ1n) is 12.6. The van der Waals surface area contributed by atoms with Crippen LogP contribution >= 0.6 is 15.8 Å². The highest BCUT2D eigenvalue weighted by Gasteiger charge is 2.57. The summed E-state index contributed by atoms with van der Waals surface area (Å²) in [7, 11) is 0.245. The molecule has 2 heterocycles. The second-order valence-corrected chi connectivity index (χ2v) is 16.2. The molecule has 8 atom stereocenters. The molecule has 0 bridgehead atoms. The maximum atomic E-state index is 2.67. The van der Waals surface area contributed by atoms with E-state index in [1.807, 2.05) is 10.6 Å². The minimum Gasteiger partial charge on any atom is -0.0677 e. The largest absolute Gasteiger partial charge is 0.0677 e. The second-order valence-electron chi connectivity index (χ2n) is 11.0. The standard InChI is InChI=1S/C26H36P2/c1-2-12-26(28-23-15-5-9-19(23)20-10-6-16-24(20)28)25(11-1)27-21-13-3-7-17(21)18-8-4-14-22(18)27/h1-2,11-12,17-24H,3-10,13-16H2/t17-,18-,19-,20-,21-,22-,23-,24-/m1/s1. The quantitative estimate of drug-likeness (QED) is 0.482. The molecule has 0 unspecified atom stereocenters.